The lowest BCUT2D eigenvalue weighted by molar-refractivity contribution is 0.135. The predicted molar refractivity (Wildman–Crippen MR) is 86.2 cm³/mol. The highest BCUT2D eigenvalue weighted by molar-refractivity contribution is 7.10. The Bertz CT molecular complexity index is 608. The SMILES string of the molecule is OC(Cc1ccc(Cl)c(Cl)c1)C1CCCc2sccc21. The summed E-state index contributed by atoms with van der Waals surface area (Å²) in [6.07, 6.45) is 3.64. The zero-order valence-electron chi connectivity index (χ0n) is 11.0. The molecule has 1 aliphatic rings. The summed E-state index contributed by atoms with van der Waals surface area (Å²) in [5.74, 6) is 0.249. The largest absolute Gasteiger partial charge is 0.392 e. The van der Waals surface area contributed by atoms with Gasteiger partial charge in [0.1, 0.15) is 0 Å². The lowest BCUT2D eigenvalue weighted by Crippen LogP contribution is -2.24. The minimum Gasteiger partial charge on any atom is -0.392 e. The standard InChI is InChI=1S/C16H16Cl2OS/c17-13-5-4-10(8-14(13)18)9-15(19)11-2-1-3-16-12(11)6-7-20-16/h4-8,11,15,19H,1-3,9H2. The van der Waals surface area contributed by atoms with Crippen LogP contribution in [0.1, 0.15) is 34.8 Å². The molecule has 2 aromatic rings. The van der Waals surface area contributed by atoms with Crippen molar-refractivity contribution in [2.24, 2.45) is 0 Å². The fraction of sp³-hybridized carbons (Fsp3) is 0.375. The molecule has 1 aromatic carbocycles. The summed E-state index contributed by atoms with van der Waals surface area (Å²) >= 11 is 13.8. The number of aliphatic hydroxyl groups is 1. The summed E-state index contributed by atoms with van der Waals surface area (Å²) in [5.41, 5.74) is 2.38. The van der Waals surface area contributed by atoms with Crippen molar-refractivity contribution in [1.29, 1.82) is 0 Å². The summed E-state index contributed by atoms with van der Waals surface area (Å²) in [5, 5.41) is 13.8. The third-order valence-corrected chi connectivity index (χ3v) is 5.73. The summed E-state index contributed by atoms with van der Waals surface area (Å²) in [6, 6.07) is 7.75. The second-order valence-electron chi connectivity index (χ2n) is 5.32. The van der Waals surface area contributed by atoms with E-state index in [1.54, 1.807) is 6.07 Å². The molecule has 0 bridgehead atoms. The van der Waals surface area contributed by atoms with E-state index in [-0.39, 0.29) is 12.0 Å². The second kappa shape index (κ2) is 6.07. The quantitative estimate of drug-likeness (QED) is 0.834. The molecule has 1 aromatic heterocycles. The Hall–Kier alpha value is -0.540. The van der Waals surface area contributed by atoms with Gasteiger partial charge in [0.2, 0.25) is 0 Å². The molecular weight excluding hydrogens is 311 g/mol. The molecule has 0 amide bonds. The monoisotopic (exact) mass is 326 g/mol. The van der Waals surface area contributed by atoms with Crippen LogP contribution in [0.4, 0.5) is 0 Å². The van der Waals surface area contributed by atoms with E-state index in [1.165, 1.54) is 10.4 Å². The van der Waals surface area contributed by atoms with Gasteiger partial charge >= 0.3 is 0 Å². The number of fused-ring (bicyclic) bond motifs is 1. The summed E-state index contributed by atoms with van der Waals surface area (Å²) < 4.78 is 0. The van der Waals surface area contributed by atoms with Gasteiger partial charge in [0.15, 0.2) is 0 Å². The van der Waals surface area contributed by atoms with Crippen molar-refractivity contribution >= 4 is 34.5 Å². The van der Waals surface area contributed by atoms with Gasteiger partial charge in [0.25, 0.3) is 0 Å². The van der Waals surface area contributed by atoms with Crippen LogP contribution in [0, 0.1) is 0 Å². The highest BCUT2D eigenvalue weighted by Gasteiger charge is 2.27. The van der Waals surface area contributed by atoms with E-state index in [0.29, 0.717) is 16.5 Å². The van der Waals surface area contributed by atoms with Crippen molar-refractivity contribution in [3.8, 4) is 0 Å². The molecule has 1 nitrogen and oxygen atoms in total. The number of hydrogen-bond donors (Lipinski definition) is 1. The van der Waals surface area contributed by atoms with Crippen LogP contribution in [0.5, 0.6) is 0 Å². The third kappa shape index (κ3) is 2.89. The van der Waals surface area contributed by atoms with E-state index in [1.807, 2.05) is 23.5 Å². The van der Waals surface area contributed by atoms with Crippen LogP contribution in [0.15, 0.2) is 29.6 Å². The number of aliphatic hydroxyl groups excluding tert-OH is 1. The Morgan fingerprint density at radius 2 is 2.10 bits per heavy atom. The van der Waals surface area contributed by atoms with Crippen LogP contribution in [-0.2, 0) is 12.8 Å². The Balaban J connectivity index is 1.77. The maximum Gasteiger partial charge on any atom is 0.0649 e. The van der Waals surface area contributed by atoms with Crippen LogP contribution < -0.4 is 0 Å². The molecule has 0 aliphatic heterocycles. The minimum atomic E-state index is -0.360. The Morgan fingerprint density at radius 1 is 1.25 bits per heavy atom. The van der Waals surface area contributed by atoms with Crippen molar-refractivity contribution in [1.82, 2.24) is 0 Å². The Kier molecular flexibility index (Phi) is 4.37. The number of hydrogen-bond acceptors (Lipinski definition) is 2. The van der Waals surface area contributed by atoms with Crippen LogP contribution in [0.25, 0.3) is 0 Å². The zero-order chi connectivity index (χ0) is 14.1. The van der Waals surface area contributed by atoms with Crippen molar-refractivity contribution in [3.63, 3.8) is 0 Å². The Labute approximate surface area is 133 Å². The first-order valence-corrected chi connectivity index (χ1v) is 8.47. The highest BCUT2D eigenvalue weighted by Crippen LogP contribution is 2.38. The maximum absolute atomic E-state index is 10.6. The van der Waals surface area contributed by atoms with E-state index >= 15 is 0 Å². The number of halogens is 2. The average Bonchev–Trinajstić information content (AvgIpc) is 2.91. The van der Waals surface area contributed by atoms with Gasteiger partial charge < -0.3 is 5.11 Å². The molecule has 2 unspecified atom stereocenters. The lowest BCUT2D eigenvalue weighted by atomic mass is 9.82. The topological polar surface area (TPSA) is 20.2 Å². The predicted octanol–water partition coefficient (Wildman–Crippen LogP) is 5.08. The van der Waals surface area contributed by atoms with Crippen molar-refractivity contribution < 1.29 is 5.11 Å². The van der Waals surface area contributed by atoms with Gasteiger partial charge in [-0.1, -0.05) is 29.3 Å². The maximum atomic E-state index is 10.6. The summed E-state index contributed by atoms with van der Waals surface area (Å²) in [4.78, 5) is 1.44. The van der Waals surface area contributed by atoms with Crippen LogP contribution >= 0.6 is 34.5 Å². The normalized spacial score (nSPS) is 19.6. The smallest absolute Gasteiger partial charge is 0.0649 e. The van der Waals surface area contributed by atoms with Gasteiger partial charge in [-0.25, -0.2) is 0 Å². The van der Waals surface area contributed by atoms with E-state index < -0.39 is 0 Å². The summed E-state index contributed by atoms with van der Waals surface area (Å²) in [7, 11) is 0. The molecule has 20 heavy (non-hydrogen) atoms. The number of aryl methyl sites for hydroxylation is 1. The van der Waals surface area contributed by atoms with Crippen LogP contribution in [-0.4, -0.2) is 11.2 Å². The first kappa shape index (κ1) is 14.4. The molecule has 4 heteroatoms. The Morgan fingerprint density at radius 3 is 2.90 bits per heavy atom. The zero-order valence-corrected chi connectivity index (χ0v) is 13.3. The molecule has 2 atom stereocenters. The minimum absolute atomic E-state index is 0.249. The molecule has 1 heterocycles. The van der Waals surface area contributed by atoms with Gasteiger partial charge in [-0.3, -0.25) is 0 Å². The molecule has 3 rings (SSSR count). The number of rotatable bonds is 3. The second-order valence-corrected chi connectivity index (χ2v) is 7.13. The third-order valence-electron chi connectivity index (χ3n) is 3.99. The molecule has 0 saturated heterocycles. The highest BCUT2D eigenvalue weighted by atomic mass is 35.5. The van der Waals surface area contributed by atoms with Crippen LogP contribution in [0.3, 0.4) is 0 Å². The van der Waals surface area contributed by atoms with Crippen molar-refractivity contribution in [2.45, 2.75) is 37.7 Å². The van der Waals surface area contributed by atoms with Crippen molar-refractivity contribution in [2.75, 3.05) is 0 Å². The molecule has 0 saturated carbocycles. The number of benzene rings is 1. The van der Waals surface area contributed by atoms with E-state index in [4.69, 9.17) is 23.2 Å². The lowest BCUT2D eigenvalue weighted by Gasteiger charge is -2.27. The first-order chi connectivity index (χ1) is 9.65. The molecule has 0 radical (unpaired) electrons. The van der Waals surface area contributed by atoms with Gasteiger partial charge in [-0.15, -0.1) is 11.3 Å². The molecular formula is C16H16Cl2OS. The van der Waals surface area contributed by atoms with Crippen LogP contribution in [0.2, 0.25) is 10.0 Å². The van der Waals surface area contributed by atoms with Crippen molar-refractivity contribution in [3.05, 3.63) is 55.7 Å². The van der Waals surface area contributed by atoms with E-state index in [2.05, 4.69) is 11.4 Å². The molecule has 0 fully saturated rings. The van der Waals surface area contributed by atoms with E-state index in [0.717, 1.165) is 24.8 Å². The van der Waals surface area contributed by atoms with E-state index in [9.17, 15) is 5.11 Å². The summed E-state index contributed by atoms with van der Waals surface area (Å²) in [6.45, 7) is 0. The molecule has 1 aliphatic carbocycles. The fourth-order valence-corrected chi connectivity index (χ4v) is 4.29. The van der Waals surface area contributed by atoms with Gasteiger partial charge in [-0.2, -0.15) is 0 Å². The average molecular weight is 327 g/mol. The first-order valence-electron chi connectivity index (χ1n) is 6.83. The molecule has 1 N–H and O–H groups in total. The van der Waals surface area contributed by atoms with Gasteiger partial charge in [-0.05, 0) is 60.4 Å². The van der Waals surface area contributed by atoms with Gasteiger partial charge in [0, 0.05) is 10.8 Å². The molecule has 0 spiro atoms. The van der Waals surface area contributed by atoms with Gasteiger partial charge in [0.05, 0.1) is 16.1 Å². The number of thiophene rings is 1. The fourth-order valence-electron chi connectivity index (χ4n) is 2.97. The molecule has 106 valence electrons.